The molecule has 0 aliphatic rings. The van der Waals surface area contributed by atoms with E-state index in [0.717, 1.165) is 28.9 Å². The van der Waals surface area contributed by atoms with Crippen LogP contribution < -0.4 is 10.6 Å². The van der Waals surface area contributed by atoms with Crippen LogP contribution in [0.2, 0.25) is 0 Å². The lowest BCUT2D eigenvalue weighted by atomic mass is 10.2. The average Bonchev–Trinajstić information content (AvgIpc) is 2.10. The lowest BCUT2D eigenvalue weighted by Gasteiger charge is -2.11. The molecule has 2 nitrogen and oxygen atoms in total. The highest BCUT2D eigenvalue weighted by Crippen LogP contribution is 2.25. The molecular weight excluding hydrogens is 228 g/mol. The van der Waals surface area contributed by atoms with Gasteiger partial charge in [0.2, 0.25) is 0 Å². The highest BCUT2D eigenvalue weighted by atomic mass is 79.9. The van der Waals surface area contributed by atoms with Crippen LogP contribution in [0.5, 0.6) is 0 Å². The molecule has 1 aromatic rings. The molecule has 0 atom stereocenters. The van der Waals surface area contributed by atoms with Crippen LogP contribution >= 0.6 is 15.9 Å². The van der Waals surface area contributed by atoms with Gasteiger partial charge >= 0.3 is 0 Å². The van der Waals surface area contributed by atoms with Crippen LogP contribution in [-0.2, 0) is 0 Å². The highest BCUT2D eigenvalue weighted by Gasteiger charge is 1.99. The number of hydrogen-bond donors (Lipinski definition) is 2. The summed E-state index contributed by atoms with van der Waals surface area (Å²) in [4.78, 5) is 0. The van der Waals surface area contributed by atoms with Crippen molar-refractivity contribution in [1.82, 2.24) is 0 Å². The highest BCUT2D eigenvalue weighted by molar-refractivity contribution is 9.10. The second kappa shape index (κ2) is 5.12. The van der Waals surface area contributed by atoms with Crippen molar-refractivity contribution in [3.8, 4) is 0 Å². The maximum absolute atomic E-state index is 3.45. The normalized spacial score (nSPS) is 9.77. The number of hydrogen-bond acceptors (Lipinski definition) is 2. The van der Waals surface area contributed by atoms with Crippen LogP contribution in [0, 0.1) is 0 Å². The first-order valence-electron chi connectivity index (χ1n) is 4.55. The van der Waals surface area contributed by atoms with Gasteiger partial charge in [-0.05, 0) is 32.0 Å². The van der Waals surface area contributed by atoms with E-state index in [1.54, 1.807) is 0 Å². The van der Waals surface area contributed by atoms with Crippen molar-refractivity contribution in [2.75, 3.05) is 23.7 Å². The predicted molar refractivity (Wildman–Crippen MR) is 62.5 cm³/mol. The van der Waals surface area contributed by atoms with Crippen LogP contribution in [0.4, 0.5) is 11.4 Å². The third-order valence-electron chi connectivity index (χ3n) is 1.72. The molecule has 72 valence electrons. The van der Waals surface area contributed by atoms with E-state index >= 15 is 0 Å². The minimum atomic E-state index is 0.939. The molecule has 1 rings (SSSR count). The summed E-state index contributed by atoms with van der Waals surface area (Å²) in [5, 5.41) is 6.61. The van der Waals surface area contributed by atoms with E-state index in [-0.39, 0.29) is 0 Å². The first kappa shape index (κ1) is 10.4. The molecule has 0 saturated carbocycles. The monoisotopic (exact) mass is 242 g/mol. The van der Waals surface area contributed by atoms with Gasteiger partial charge in [0.05, 0.1) is 11.4 Å². The van der Waals surface area contributed by atoms with Crippen molar-refractivity contribution in [2.24, 2.45) is 0 Å². The molecule has 0 fully saturated rings. The molecule has 0 spiro atoms. The van der Waals surface area contributed by atoms with Gasteiger partial charge in [0.25, 0.3) is 0 Å². The Balaban J connectivity index is 2.89. The minimum Gasteiger partial charge on any atom is -0.384 e. The van der Waals surface area contributed by atoms with E-state index in [4.69, 9.17) is 0 Å². The minimum absolute atomic E-state index is 0.939. The first-order valence-corrected chi connectivity index (χ1v) is 5.34. The zero-order valence-corrected chi connectivity index (χ0v) is 9.61. The molecule has 0 saturated heterocycles. The van der Waals surface area contributed by atoms with Crippen LogP contribution in [0.25, 0.3) is 0 Å². The molecule has 0 amide bonds. The van der Waals surface area contributed by atoms with E-state index in [9.17, 15) is 0 Å². The molecule has 0 bridgehead atoms. The summed E-state index contributed by atoms with van der Waals surface area (Å²) in [6.07, 6.45) is 0. The lowest BCUT2D eigenvalue weighted by molar-refractivity contribution is 1.18. The summed E-state index contributed by atoms with van der Waals surface area (Å²) in [5.74, 6) is 0. The second-order valence-electron chi connectivity index (χ2n) is 2.75. The number of anilines is 2. The Labute approximate surface area is 87.9 Å². The summed E-state index contributed by atoms with van der Waals surface area (Å²) in [7, 11) is 0. The van der Waals surface area contributed by atoms with E-state index in [1.165, 1.54) is 0 Å². The molecule has 1 aromatic carbocycles. The predicted octanol–water partition coefficient (Wildman–Crippen LogP) is 3.31. The molecule has 3 heteroatoms. The Morgan fingerprint density at radius 3 is 2.31 bits per heavy atom. The molecule has 0 aliphatic carbocycles. The molecular formula is C10H15BrN2. The van der Waals surface area contributed by atoms with E-state index in [1.807, 2.05) is 6.07 Å². The maximum atomic E-state index is 3.45. The van der Waals surface area contributed by atoms with Gasteiger partial charge in [-0.25, -0.2) is 0 Å². The SMILES string of the molecule is CCNc1ccc(Br)cc1NCC. The number of halogens is 1. The Morgan fingerprint density at radius 1 is 1.08 bits per heavy atom. The Hall–Kier alpha value is -0.700. The molecule has 13 heavy (non-hydrogen) atoms. The van der Waals surface area contributed by atoms with Gasteiger partial charge in [0.15, 0.2) is 0 Å². The van der Waals surface area contributed by atoms with Gasteiger partial charge in [-0.3, -0.25) is 0 Å². The average molecular weight is 243 g/mol. The third-order valence-corrected chi connectivity index (χ3v) is 2.21. The van der Waals surface area contributed by atoms with Crippen molar-refractivity contribution < 1.29 is 0 Å². The van der Waals surface area contributed by atoms with Gasteiger partial charge in [-0.15, -0.1) is 0 Å². The number of nitrogens with one attached hydrogen (secondary N) is 2. The van der Waals surface area contributed by atoms with E-state index < -0.39 is 0 Å². The molecule has 0 aliphatic heterocycles. The standard InChI is InChI=1S/C10H15BrN2/c1-3-12-9-6-5-8(11)7-10(9)13-4-2/h5-7,12-13H,3-4H2,1-2H3. The Bertz CT molecular complexity index is 274. The summed E-state index contributed by atoms with van der Waals surface area (Å²) in [6, 6.07) is 6.20. The molecule has 0 unspecified atom stereocenters. The number of rotatable bonds is 4. The van der Waals surface area contributed by atoms with Gasteiger partial charge in [0, 0.05) is 17.6 Å². The van der Waals surface area contributed by atoms with Crippen LogP contribution in [0.15, 0.2) is 22.7 Å². The molecule has 0 aromatic heterocycles. The lowest BCUT2D eigenvalue weighted by Crippen LogP contribution is -2.03. The molecule has 2 N–H and O–H groups in total. The van der Waals surface area contributed by atoms with Crippen molar-refractivity contribution in [3.05, 3.63) is 22.7 Å². The third kappa shape index (κ3) is 2.92. The topological polar surface area (TPSA) is 24.1 Å². The zero-order valence-electron chi connectivity index (χ0n) is 8.02. The fraction of sp³-hybridized carbons (Fsp3) is 0.400. The second-order valence-corrected chi connectivity index (χ2v) is 3.67. The maximum Gasteiger partial charge on any atom is 0.0587 e. The van der Waals surface area contributed by atoms with Crippen molar-refractivity contribution >= 4 is 27.3 Å². The van der Waals surface area contributed by atoms with Gasteiger partial charge < -0.3 is 10.6 Å². The quantitative estimate of drug-likeness (QED) is 0.847. The van der Waals surface area contributed by atoms with Gasteiger partial charge in [-0.2, -0.15) is 0 Å². The zero-order chi connectivity index (χ0) is 9.68. The number of benzene rings is 1. The van der Waals surface area contributed by atoms with Gasteiger partial charge in [0.1, 0.15) is 0 Å². The van der Waals surface area contributed by atoms with Gasteiger partial charge in [-0.1, -0.05) is 15.9 Å². The molecule has 0 heterocycles. The van der Waals surface area contributed by atoms with Crippen molar-refractivity contribution in [2.45, 2.75) is 13.8 Å². The van der Waals surface area contributed by atoms with Crippen molar-refractivity contribution in [1.29, 1.82) is 0 Å². The molecule has 0 radical (unpaired) electrons. The van der Waals surface area contributed by atoms with Crippen LogP contribution in [0.1, 0.15) is 13.8 Å². The Morgan fingerprint density at radius 2 is 1.69 bits per heavy atom. The van der Waals surface area contributed by atoms with E-state index in [2.05, 4.69) is 52.5 Å². The smallest absolute Gasteiger partial charge is 0.0587 e. The summed E-state index contributed by atoms with van der Waals surface area (Å²) in [5.41, 5.74) is 2.31. The van der Waals surface area contributed by atoms with Crippen LogP contribution in [-0.4, -0.2) is 13.1 Å². The first-order chi connectivity index (χ1) is 6.27. The summed E-state index contributed by atoms with van der Waals surface area (Å²) < 4.78 is 1.10. The Kier molecular flexibility index (Phi) is 4.09. The summed E-state index contributed by atoms with van der Waals surface area (Å²) in [6.45, 7) is 6.07. The summed E-state index contributed by atoms with van der Waals surface area (Å²) >= 11 is 3.45. The fourth-order valence-corrected chi connectivity index (χ4v) is 1.56. The largest absolute Gasteiger partial charge is 0.384 e. The fourth-order valence-electron chi connectivity index (χ4n) is 1.20. The van der Waals surface area contributed by atoms with E-state index in [0.29, 0.717) is 0 Å². The van der Waals surface area contributed by atoms with Crippen molar-refractivity contribution in [3.63, 3.8) is 0 Å². The van der Waals surface area contributed by atoms with Crippen LogP contribution in [0.3, 0.4) is 0 Å².